The summed E-state index contributed by atoms with van der Waals surface area (Å²) >= 11 is 0. The van der Waals surface area contributed by atoms with Gasteiger partial charge in [-0.05, 0) is 29.5 Å². The summed E-state index contributed by atoms with van der Waals surface area (Å²) in [7, 11) is 0. The molecule has 1 amide bonds. The van der Waals surface area contributed by atoms with Crippen LogP contribution in [0.2, 0.25) is 0 Å². The first-order chi connectivity index (χ1) is 18.5. The summed E-state index contributed by atoms with van der Waals surface area (Å²) in [6.45, 7) is 4.06. The Morgan fingerprint density at radius 2 is 1.77 bits per heavy atom. The van der Waals surface area contributed by atoms with E-state index in [1.165, 1.54) is 5.56 Å². The first-order valence-corrected chi connectivity index (χ1v) is 12.5. The lowest BCUT2D eigenvalue weighted by molar-refractivity contribution is -0.141. The lowest BCUT2D eigenvalue weighted by Gasteiger charge is -2.38. The van der Waals surface area contributed by atoms with E-state index in [4.69, 9.17) is 4.74 Å². The Labute approximate surface area is 223 Å². The smallest absolute Gasteiger partial charge is 0.388 e. The minimum absolute atomic E-state index is 0.117. The topological polar surface area (TPSA) is 129 Å². The molecule has 4 rings (SSSR count). The highest BCUT2D eigenvalue weighted by atomic mass is 19.4. The molecule has 0 unspecified atom stereocenters. The molecule has 9 nitrogen and oxygen atoms in total. The molecule has 4 atom stereocenters. The zero-order valence-electron chi connectivity index (χ0n) is 21.4. The number of amides is 1. The van der Waals surface area contributed by atoms with Crippen molar-refractivity contribution in [1.29, 1.82) is 0 Å². The third-order valence-corrected chi connectivity index (χ3v) is 6.28. The van der Waals surface area contributed by atoms with Crippen LogP contribution in [0.15, 0.2) is 55.0 Å². The van der Waals surface area contributed by atoms with E-state index in [-0.39, 0.29) is 24.7 Å². The number of aromatic nitrogens is 3. The van der Waals surface area contributed by atoms with Gasteiger partial charge in [0.2, 0.25) is 0 Å². The van der Waals surface area contributed by atoms with E-state index in [1.807, 2.05) is 12.1 Å². The van der Waals surface area contributed by atoms with E-state index in [0.717, 1.165) is 23.7 Å². The molecule has 0 saturated carbocycles. The molecule has 4 N–H and O–H groups in total. The lowest BCUT2D eigenvalue weighted by atomic mass is 9.98. The Hall–Kier alpha value is -3.61. The van der Waals surface area contributed by atoms with Crippen LogP contribution in [0.4, 0.5) is 19.0 Å². The summed E-state index contributed by atoms with van der Waals surface area (Å²) in [6.07, 6.45) is -4.20. The van der Waals surface area contributed by atoms with Gasteiger partial charge in [-0.3, -0.25) is 14.8 Å². The van der Waals surface area contributed by atoms with E-state index in [0.29, 0.717) is 12.1 Å². The van der Waals surface area contributed by atoms with Gasteiger partial charge in [0.05, 0.1) is 25.0 Å². The van der Waals surface area contributed by atoms with E-state index in [1.54, 1.807) is 18.3 Å². The molecule has 39 heavy (non-hydrogen) atoms. The fourth-order valence-corrected chi connectivity index (χ4v) is 4.24. The van der Waals surface area contributed by atoms with Gasteiger partial charge in [-0.2, -0.15) is 13.2 Å². The number of pyridine rings is 1. The van der Waals surface area contributed by atoms with Crippen LogP contribution in [0.1, 0.15) is 35.6 Å². The highest BCUT2D eigenvalue weighted by Gasteiger charge is 2.39. The summed E-state index contributed by atoms with van der Waals surface area (Å²) in [5.74, 6) is -0.146. The van der Waals surface area contributed by atoms with Crippen molar-refractivity contribution in [1.82, 2.24) is 20.3 Å². The minimum Gasteiger partial charge on any atom is -0.388 e. The molecule has 2 aromatic heterocycles. The molecule has 3 aromatic rings. The average molecular weight is 546 g/mol. The highest BCUT2D eigenvalue weighted by molar-refractivity contribution is 5.92. The number of rotatable bonds is 8. The Morgan fingerprint density at radius 1 is 1.05 bits per heavy atom. The van der Waals surface area contributed by atoms with Gasteiger partial charge >= 0.3 is 6.18 Å². The molecule has 0 aliphatic carbocycles. The molecule has 1 aromatic carbocycles. The number of aliphatic hydroxyl groups excluding tert-OH is 2. The standard InChI is InChI=1S/C27H30F3N5O4/c1-15(2)9-16-3-5-17(6-4-16)18-7-8-19(32-10-18)26(38)33-11-21-25(37)24(36)20(14-39-21)34-23-13-31-12-22(35-23)27(28,29)30/h3-8,10,12-13,15,20-21,24-25,36-37H,9,11,14H2,1-2H3,(H,33,38)(H,34,35)/t20-,21+,24+,25-/m0/s1. The number of ether oxygens (including phenoxy) is 1. The second-order valence-electron chi connectivity index (χ2n) is 9.83. The molecular weight excluding hydrogens is 515 g/mol. The van der Waals surface area contributed by atoms with E-state index >= 15 is 0 Å². The zero-order valence-corrected chi connectivity index (χ0v) is 21.4. The van der Waals surface area contributed by atoms with Gasteiger partial charge in [0.15, 0.2) is 5.69 Å². The first-order valence-electron chi connectivity index (χ1n) is 12.5. The molecule has 3 heterocycles. The second-order valence-corrected chi connectivity index (χ2v) is 9.83. The summed E-state index contributed by atoms with van der Waals surface area (Å²) in [6, 6.07) is 10.6. The molecule has 208 valence electrons. The third-order valence-electron chi connectivity index (χ3n) is 6.28. The van der Waals surface area contributed by atoms with Crippen molar-refractivity contribution in [2.45, 2.75) is 50.8 Å². The first kappa shape index (κ1) is 28.4. The Kier molecular flexibility index (Phi) is 8.78. The minimum atomic E-state index is -4.68. The van der Waals surface area contributed by atoms with Crippen LogP contribution in [-0.2, 0) is 17.3 Å². The SMILES string of the molecule is CC(C)Cc1ccc(-c2ccc(C(=O)NC[C@H]3OC[C@H](Nc4cncc(C(F)(F)F)n4)[C@@H](O)[C@H]3O)nc2)cc1. The van der Waals surface area contributed by atoms with Crippen LogP contribution in [0.25, 0.3) is 11.1 Å². The van der Waals surface area contributed by atoms with Crippen LogP contribution in [-0.4, -0.2) is 68.6 Å². The Balaban J connectivity index is 1.29. The fraction of sp³-hybridized carbons (Fsp3) is 0.407. The van der Waals surface area contributed by atoms with Gasteiger partial charge in [-0.1, -0.05) is 44.2 Å². The van der Waals surface area contributed by atoms with Gasteiger partial charge < -0.3 is 25.6 Å². The molecule has 1 aliphatic heterocycles. The van der Waals surface area contributed by atoms with E-state index in [9.17, 15) is 28.2 Å². The van der Waals surface area contributed by atoms with Crippen molar-refractivity contribution < 1.29 is 32.9 Å². The van der Waals surface area contributed by atoms with Crippen LogP contribution in [0, 0.1) is 5.92 Å². The van der Waals surface area contributed by atoms with Crippen molar-refractivity contribution in [2.75, 3.05) is 18.5 Å². The number of hydrogen-bond acceptors (Lipinski definition) is 8. The monoisotopic (exact) mass is 545 g/mol. The molecule has 0 spiro atoms. The molecular formula is C27H30F3N5O4. The van der Waals surface area contributed by atoms with Crippen LogP contribution in [0.3, 0.4) is 0 Å². The number of halogens is 3. The van der Waals surface area contributed by atoms with Crippen LogP contribution in [0.5, 0.6) is 0 Å². The average Bonchev–Trinajstić information content (AvgIpc) is 2.91. The quantitative estimate of drug-likeness (QED) is 0.340. The normalized spacial score (nSPS) is 21.5. The van der Waals surface area contributed by atoms with Crippen molar-refractivity contribution in [2.24, 2.45) is 5.92 Å². The maximum atomic E-state index is 12.9. The number of nitrogens with zero attached hydrogens (tertiary/aromatic N) is 3. The number of benzene rings is 1. The molecule has 1 saturated heterocycles. The molecule has 1 aliphatic rings. The van der Waals surface area contributed by atoms with Gasteiger partial charge in [0.1, 0.15) is 29.8 Å². The van der Waals surface area contributed by atoms with Crippen molar-refractivity contribution >= 4 is 11.7 Å². The maximum Gasteiger partial charge on any atom is 0.434 e. The van der Waals surface area contributed by atoms with Crippen molar-refractivity contribution in [3.05, 3.63) is 71.9 Å². The summed E-state index contributed by atoms with van der Waals surface area (Å²) in [5, 5.41) is 26.2. The van der Waals surface area contributed by atoms with E-state index < -0.39 is 42.1 Å². The molecule has 0 radical (unpaired) electrons. The highest BCUT2D eigenvalue weighted by Crippen LogP contribution is 2.28. The van der Waals surface area contributed by atoms with Gasteiger partial charge in [0.25, 0.3) is 5.91 Å². The number of aliphatic hydroxyl groups is 2. The van der Waals surface area contributed by atoms with Gasteiger partial charge in [-0.25, -0.2) is 4.98 Å². The molecule has 1 fully saturated rings. The lowest BCUT2D eigenvalue weighted by Crippen LogP contribution is -2.58. The number of nitrogens with one attached hydrogen (secondary N) is 2. The number of alkyl halides is 3. The fourth-order valence-electron chi connectivity index (χ4n) is 4.24. The van der Waals surface area contributed by atoms with Gasteiger partial charge in [-0.15, -0.1) is 0 Å². The summed E-state index contributed by atoms with van der Waals surface area (Å²) < 4.78 is 44.2. The Morgan fingerprint density at radius 3 is 2.41 bits per heavy atom. The maximum absolute atomic E-state index is 12.9. The van der Waals surface area contributed by atoms with Gasteiger partial charge in [0, 0.05) is 18.3 Å². The number of hydrogen-bond donors (Lipinski definition) is 4. The zero-order chi connectivity index (χ0) is 28.2. The predicted octanol–water partition coefficient (Wildman–Crippen LogP) is 3.09. The summed E-state index contributed by atoms with van der Waals surface area (Å²) in [4.78, 5) is 23.8. The van der Waals surface area contributed by atoms with E-state index in [2.05, 4.69) is 51.6 Å². The second kappa shape index (κ2) is 12.1. The number of carbonyl (C=O) groups is 1. The van der Waals surface area contributed by atoms with Crippen LogP contribution >= 0.6 is 0 Å². The number of carbonyl (C=O) groups excluding carboxylic acids is 1. The van der Waals surface area contributed by atoms with Crippen LogP contribution < -0.4 is 10.6 Å². The predicted molar refractivity (Wildman–Crippen MR) is 137 cm³/mol. The third kappa shape index (κ3) is 7.28. The van der Waals surface area contributed by atoms with Crippen molar-refractivity contribution in [3.8, 4) is 11.1 Å². The Bertz CT molecular complexity index is 1260. The molecule has 12 heteroatoms. The summed E-state index contributed by atoms with van der Waals surface area (Å²) in [5.41, 5.74) is 2.07. The molecule has 0 bridgehead atoms. The largest absolute Gasteiger partial charge is 0.434 e. The number of anilines is 1. The van der Waals surface area contributed by atoms with Crippen molar-refractivity contribution in [3.63, 3.8) is 0 Å².